The Hall–Kier alpha value is -0.330. The van der Waals surface area contributed by atoms with Crippen LogP contribution in [0.3, 0.4) is 0 Å². The Morgan fingerprint density at radius 3 is 2.67 bits per heavy atom. The maximum atomic E-state index is 4.04. The quantitative estimate of drug-likeness (QED) is 0.573. The summed E-state index contributed by atoms with van der Waals surface area (Å²) in [5, 5.41) is 0. The molecule has 0 saturated heterocycles. The Morgan fingerprint density at radius 1 is 1.33 bits per heavy atom. The van der Waals surface area contributed by atoms with Crippen molar-refractivity contribution in [2.45, 2.75) is 39.5 Å². The molecule has 0 spiro atoms. The fourth-order valence-electron chi connectivity index (χ4n) is 2.49. The number of hydrogen-bond donors (Lipinski definition) is 0. The number of aliphatic imine (C=N–C) groups is 1. The first-order valence-electron chi connectivity index (χ1n) is 5.20. The van der Waals surface area contributed by atoms with Crippen LogP contribution in [0.15, 0.2) is 4.99 Å². The Kier molecular flexibility index (Phi) is 3.77. The lowest BCUT2D eigenvalue weighted by molar-refractivity contribution is 0.190. The van der Waals surface area contributed by atoms with Gasteiger partial charge in [0.2, 0.25) is 0 Å². The van der Waals surface area contributed by atoms with E-state index in [0.717, 1.165) is 24.3 Å². The molecule has 0 aliphatic heterocycles. The van der Waals surface area contributed by atoms with Crippen LogP contribution in [-0.4, -0.2) is 13.3 Å². The van der Waals surface area contributed by atoms with E-state index in [9.17, 15) is 0 Å². The average Bonchev–Trinajstić information content (AvgIpc) is 2.05. The normalized spacial score (nSPS) is 36.3. The van der Waals surface area contributed by atoms with Crippen molar-refractivity contribution < 1.29 is 0 Å². The van der Waals surface area contributed by atoms with Gasteiger partial charge in [0.25, 0.3) is 0 Å². The van der Waals surface area contributed by atoms with Crippen molar-refractivity contribution >= 4 is 6.72 Å². The van der Waals surface area contributed by atoms with E-state index in [2.05, 4.69) is 25.6 Å². The number of rotatable bonds is 3. The van der Waals surface area contributed by atoms with Crippen molar-refractivity contribution in [2.24, 2.45) is 22.7 Å². The Balaban J connectivity index is 2.45. The molecule has 1 fully saturated rings. The molecule has 0 bridgehead atoms. The smallest absolute Gasteiger partial charge is 0.0413 e. The third-order valence-electron chi connectivity index (χ3n) is 3.29. The molecule has 1 rings (SSSR count). The maximum Gasteiger partial charge on any atom is 0.0413 e. The van der Waals surface area contributed by atoms with Crippen LogP contribution < -0.4 is 0 Å². The molecular weight excluding hydrogens is 146 g/mol. The molecule has 70 valence electrons. The molecule has 1 aliphatic rings. The predicted octanol–water partition coefficient (Wildman–Crippen LogP) is 3.15. The van der Waals surface area contributed by atoms with E-state index in [1.54, 1.807) is 0 Å². The predicted molar refractivity (Wildman–Crippen MR) is 54.7 cm³/mol. The second kappa shape index (κ2) is 4.64. The molecule has 1 heteroatoms. The van der Waals surface area contributed by atoms with Gasteiger partial charge in [-0.25, -0.2) is 0 Å². The molecule has 0 aromatic carbocycles. The number of nitrogens with zero attached hydrogens (tertiary/aromatic N) is 1. The molecule has 1 nitrogen and oxygen atoms in total. The fraction of sp³-hybridized carbons (Fsp3) is 0.909. The Bertz CT molecular complexity index is 142. The van der Waals surface area contributed by atoms with Crippen LogP contribution in [0.25, 0.3) is 0 Å². The molecular formula is C11H21N. The van der Waals surface area contributed by atoms with Gasteiger partial charge in [-0.15, -0.1) is 0 Å². The van der Waals surface area contributed by atoms with Crippen molar-refractivity contribution in [3.63, 3.8) is 0 Å². The summed E-state index contributed by atoms with van der Waals surface area (Å²) in [5.41, 5.74) is 0. The van der Waals surface area contributed by atoms with Gasteiger partial charge in [-0.05, 0) is 37.3 Å². The van der Waals surface area contributed by atoms with Crippen LogP contribution in [0.2, 0.25) is 0 Å². The zero-order valence-corrected chi connectivity index (χ0v) is 8.42. The van der Waals surface area contributed by atoms with Crippen LogP contribution in [0.4, 0.5) is 0 Å². The summed E-state index contributed by atoms with van der Waals surface area (Å²) in [6, 6.07) is 0. The molecule has 3 unspecified atom stereocenters. The van der Waals surface area contributed by atoms with Gasteiger partial charge in [0.15, 0.2) is 0 Å². The second-order valence-corrected chi connectivity index (χ2v) is 4.25. The monoisotopic (exact) mass is 167 g/mol. The van der Waals surface area contributed by atoms with Crippen LogP contribution in [0.5, 0.6) is 0 Å². The van der Waals surface area contributed by atoms with E-state index in [4.69, 9.17) is 0 Å². The summed E-state index contributed by atoms with van der Waals surface area (Å²) in [6.07, 6.45) is 5.54. The summed E-state index contributed by atoms with van der Waals surface area (Å²) >= 11 is 0. The minimum Gasteiger partial charge on any atom is -0.301 e. The molecule has 1 aliphatic carbocycles. The van der Waals surface area contributed by atoms with Gasteiger partial charge < -0.3 is 4.99 Å². The zero-order valence-electron chi connectivity index (χ0n) is 8.42. The zero-order chi connectivity index (χ0) is 8.97. The molecule has 12 heavy (non-hydrogen) atoms. The Morgan fingerprint density at radius 2 is 2.08 bits per heavy atom. The summed E-state index contributed by atoms with van der Waals surface area (Å²) in [5.74, 6) is 2.67. The van der Waals surface area contributed by atoms with Gasteiger partial charge in [-0.3, -0.25) is 0 Å². The average molecular weight is 167 g/mol. The van der Waals surface area contributed by atoms with Gasteiger partial charge in [-0.1, -0.05) is 26.7 Å². The maximum absolute atomic E-state index is 4.04. The molecule has 0 radical (unpaired) electrons. The van der Waals surface area contributed by atoms with Crippen molar-refractivity contribution in [3.8, 4) is 0 Å². The van der Waals surface area contributed by atoms with Gasteiger partial charge >= 0.3 is 0 Å². The highest BCUT2D eigenvalue weighted by molar-refractivity contribution is 5.23. The third-order valence-corrected chi connectivity index (χ3v) is 3.29. The van der Waals surface area contributed by atoms with E-state index in [1.165, 1.54) is 25.7 Å². The van der Waals surface area contributed by atoms with Crippen molar-refractivity contribution in [1.29, 1.82) is 0 Å². The molecule has 3 atom stereocenters. The van der Waals surface area contributed by atoms with Crippen LogP contribution in [0.1, 0.15) is 39.5 Å². The highest BCUT2D eigenvalue weighted by atomic mass is 14.7. The van der Waals surface area contributed by atoms with E-state index in [0.29, 0.717) is 0 Å². The van der Waals surface area contributed by atoms with Gasteiger partial charge in [0.1, 0.15) is 0 Å². The lowest BCUT2D eigenvalue weighted by Crippen LogP contribution is -2.25. The van der Waals surface area contributed by atoms with Crippen molar-refractivity contribution in [3.05, 3.63) is 0 Å². The van der Waals surface area contributed by atoms with E-state index in [1.807, 2.05) is 0 Å². The first kappa shape index (κ1) is 9.76. The highest BCUT2D eigenvalue weighted by Crippen LogP contribution is 2.35. The van der Waals surface area contributed by atoms with Crippen LogP contribution >= 0.6 is 0 Å². The molecule has 0 amide bonds. The highest BCUT2D eigenvalue weighted by Gasteiger charge is 2.26. The van der Waals surface area contributed by atoms with Crippen LogP contribution in [0, 0.1) is 17.8 Å². The lowest BCUT2D eigenvalue weighted by atomic mass is 9.73. The summed E-state index contributed by atoms with van der Waals surface area (Å²) < 4.78 is 0. The minimum absolute atomic E-state index is 0.830. The molecule has 1 saturated carbocycles. The van der Waals surface area contributed by atoms with Crippen LogP contribution in [-0.2, 0) is 0 Å². The Labute approximate surface area is 76.3 Å². The first-order valence-corrected chi connectivity index (χ1v) is 5.20. The second-order valence-electron chi connectivity index (χ2n) is 4.25. The van der Waals surface area contributed by atoms with Crippen molar-refractivity contribution in [2.75, 3.05) is 6.54 Å². The summed E-state index contributed by atoms with van der Waals surface area (Å²) in [6.45, 7) is 9.25. The molecule has 0 heterocycles. The minimum atomic E-state index is 0.830. The molecule has 0 aromatic rings. The van der Waals surface area contributed by atoms with Gasteiger partial charge in [0.05, 0.1) is 0 Å². The summed E-state index contributed by atoms with van der Waals surface area (Å²) in [4.78, 5) is 4.04. The fourth-order valence-corrected chi connectivity index (χ4v) is 2.49. The van der Waals surface area contributed by atoms with Crippen molar-refractivity contribution in [1.82, 2.24) is 0 Å². The van der Waals surface area contributed by atoms with E-state index >= 15 is 0 Å². The molecule has 0 N–H and O–H groups in total. The first-order chi connectivity index (χ1) is 5.77. The van der Waals surface area contributed by atoms with Gasteiger partial charge in [-0.2, -0.15) is 0 Å². The summed E-state index contributed by atoms with van der Waals surface area (Å²) in [7, 11) is 0. The SMILES string of the molecule is C=NCC1CC(C)CCC1CC. The molecule has 0 aromatic heterocycles. The van der Waals surface area contributed by atoms with E-state index < -0.39 is 0 Å². The topological polar surface area (TPSA) is 12.4 Å². The standard InChI is InChI=1S/C11H21N/c1-4-10-6-5-9(2)7-11(10)8-12-3/h9-11H,3-8H2,1-2H3. The van der Waals surface area contributed by atoms with E-state index in [-0.39, 0.29) is 0 Å². The van der Waals surface area contributed by atoms with Gasteiger partial charge in [0, 0.05) is 6.54 Å². The largest absolute Gasteiger partial charge is 0.301 e. The number of hydrogen-bond acceptors (Lipinski definition) is 1. The third kappa shape index (κ3) is 2.33. The lowest BCUT2D eigenvalue weighted by Gasteiger charge is -2.33.